The number of aromatic nitrogens is 2. The summed E-state index contributed by atoms with van der Waals surface area (Å²) in [4.78, 5) is 30.8. The van der Waals surface area contributed by atoms with Gasteiger partial charge in [-0.3, -0.25) is 0 Å². The van der Waals surface area contributed by atoms with Gasteiger partial charge in [0.05, 0.1) is 0 Å². The molecule has 0 amide bonds. The first-order valence-corrected chi connectivity index (χ1v) is 13.3. The van der Waals surface area contributed by atoms with Gasteiger partial charge in [-0.05, 0) is 0 Å². The van der Waals surface area contributed by atoms with E-state index >= 15 is 0 Å². The Labute approximate surface area is 185 Å². The topological polar surface area (TPSA) is 76.4 Å². The van der Waals surface area contributed by atoms with Crippen molar-refractivity contribution in [3.05, 3.63) is 50.7 Å². The van der Waals surface area contributed by atoms with E-state index in [2.05, 4.69) is 21.0 Å². The first kappa shape index (κ1) is 19.1. The minimum atomic E-state index is -1.56. The molecular formula is C21H18BrN3O3Sn. The van der Waals surface area contributed by atoms with Gasteiger partial charge in [0, 0.05) is 0 Å². The summed E-state index contributed by atoms with van der Waals surface area (Å²) in [6.07, 6.45) is 2.72. The van der Waals surface area contributed by atoms with Crippen molar-refractivity contribution >= 4 is 66.8 Å². The van der Waals surface area contributed by atoms with Gasteiger partial charge < -0.3 is 0 Å². The molecule has 146 valence electrons. The third-order valence-electron chi connectivity index (χ3n) is 5.44. The van der Waals surface area contributed by atoms with Crippen molar-refractivity contribution in [2.24, 2.45) is 4.99 Å². The van der Waals surface area contributed by atoms with Crippen LogP contribution in [0.5, 0.6) is 5.75 Å². The molecule has 29 heavy (non-hydrogen) atoms. The normalized spacial score (nSPS) is 19.0. The van der Waals surface area contributed by atoms with Crippen LogP contribution in [0.15, 0.2) is 44.6 Å². The van der Waals surface area contributed by atoms with E-state index in [9.17, 15) is 9.59 Å². The molecule has 0 saturated heterocycles. The van der Waals surface area contributed by atoms with Crippen molar-refractivity contribution in [3.63, 3.8) is 0 Å². The van der Waals surface area contributed by atoms with Crippen LogP contribution in [0, 0.1) is 0 Å². The van der Waals surface area contributed by atoms with Crippen molar-refractivity contribution in [2.45, 2.75) is 32.2 Å². The Hall–Kier alpha value is -1.87. The molecule has 1 unspecified atom stereocenters. The van der Waals surface area contributed by atoms with Gasteiger partial charge in [-0.1, -0.05) is 0 Å². The van der Waals surface area contributed by atoms with Crippen molar-refractivity contribution in [2.75, 3.05) is 6.61 Å². The van der Waals surface area contributed by atoms with E-state index in [1.807, 2.05) is 37.3 Å². The van der Waals surface area contributed by atoms with E-state index in [0.717, 1.165) is 38.8 Å². The van der Waals surface area contributed by atoms with Crippen molar-refractivity contribution in [3.8, 4) is 5.75 Å². The molecule has 2 aromatic carbocycles. The summed E-state index contributed by atoms with van der Waals surface area (Å²) in [6.45, 7) is 2.62. The number of halogens is 1. The molecule has 4 bridgehead atoms. The van der Waals surface area contributed by atoms with Crippen LogP contribution in [0.4, 0.5) is 5.69 Å². The summed E-state index contributed by atoms with van der Waals surface area (Å²) in [5.41, 5.74) is 2.57. The molecule has 3 heterocycles. The molecule has 5 rings (SSSR count). The molecule has 0 spiro atoms. The summed E-state index contributed by atoms with van der Waals surface area (Å²) in [6, 6.07) is 9.49. The number of H-pyrrole nitrogens is 1. The zero-order valence-electron chi connectivity index (χ0n) is 15.8. The Bertz CT molecular complexity index is 1240. The fourth-order valence-electron chi connectivity index (χ4n) is 3.93. The summed E-state index contributed by atoms with van der Waals surface area (Å²) in [7, 11) is 0. The zero-order chi connectivity index (χ0) is 20.1. The third-order valence-corrected chi connectivity index (χ3v) is 9.08. The van der Waals surface area contributed by atoms with Crippen molar-refractivity contribution < 1.29 is 9.53 Å². The molecule has 0 aliphatic carbocycles. The molecule has 2 aliphatic rings. The maximum absolute atomic E-state index is 13.1. The Balaban J connectivity index is 1.80. The van der Waals surface area contributed by atoms with Crippen molar-refractivity contribution in [1.82, 2.24) is 9.78 Å². The molecule has 0 fully saturated rings. The molecule has 1 aromatic heterocycles. The Morgan fingerprint density at radius 2 is 2.14 bits per heavy atom. The van der Waals surface area contributed by atoms with Crippen LogP contribution in [0.2, 0.25) is 0 Å². The standard InChI is InChI=1S/C21H18BrN3O3.Sn/c1-13-5-2-3-10-28-19-11-14(22)8-9-17(19)23-18(12-26)15-6-4-7-16-20(15)24-25(13)21(16)27;/h4,6-8,11,13,24H,2-3,5,10H2,1H3;. The third kappa shape index (κ3) is 3.28. The second-order valence-corrected chi connectivity index (χ2v) is 11.9. The number of aromatic amines is 1. The van der Waals surface area contributed by atoms with Gasteiger partial charge >= 0.3 is 186 Å². The fraction of sp³-hybridized carbons (Fsp3) is 0.286. The molecule has 6 nitrogen and oxygen atoms in total. The summed E-state index contributed by atoms with van der Waals surface area (Å²) in [5.74, 6) is 0.726. The molecule has 1 atom stereocenters. The quantitative estimate of drug-likeness (QED) is 0.431. The Kier molecular flexibility index (Phi) is 4.90. The number of carbonyl (C=O) groups excluding carboxylic acids is 1. The number of hydrogen-bond donors (Lipinski definition) is 1. The fourth-order valence-corrected chi connectivity index (χ4v) is 8.05. The monoisotopic (exact) mass is 559 g/mol. The van der Waals surface area contributed by atoms with Crippen LogP contribution in [0.25, 0.3) is 10.9 Å². The van der Waals surface area contributed by atoms with Crippen LogP contribution in [0.3, 0.4) is 0 Å². The van der Waals surface area contributed by atoms with E-state index in [1.165, 1.54) is 0 Å². The molecule has 3 aromatic rings. The van der Waals surface area contributed by atoms with E-state index in [0.29, 0.717) is 28.8 Å². The number of hydrogen-bond acceptors (Lipinski definition) is 4. The van der Waals surface area contributed by atoms with Crippen LogP contribution in [-0.2, 0) is 4.79 Å². The van der Waals surface area contributed by atoms with Gasteiger partial charge in [0.2, 0.25) is 0 Å². The maximum atomic E-state index is 13.1. The average molecular weight is 559 g/mol. The van der Waals surface area contributed by atoms with Crippen LogP contribution >= 0.6 is 15.9 Å². The van der Waals surface area contributed by atoms with Gasteiger partial charge in [0.1, 0.15) is 0 Å². The second kappa shape index (κ2) is 7.43. The number of nitrogens with one attached hydrogen (secondary N) is 1. The SMILES string of the molecule is CC1CCCCOc2cc(Br)c[c]3c2N=C([C](=O)[Sn]3)c2cccc3c(=O)n1[nH]c23. The molecule has 2 aliphatic heterocycles. The number of rotatable bonds is 0. The summed E-state index contributed by atoms with van der Waals surface area (Å²) >= 11 is 1.98. The van der Waals surface area contributed by atoms with E-state index < -0.39 is 21.1 Å². The number of ether oxygens (including phenoxy) is 1. The number of para-hydroxylation sites is 1. The molecule has 2 radical (unpaired) electrons. The Morgan fingerprint density at radius 3 is 3.00 bits per heavy atom. The van der Waals surface area contributed by atoms with Crippen LogP contribution in [0.1, 0.15) is 37.8 Å². The Morgan fingerprint density at radius 1 is 1.28 bits per heavy atom. The van der Waals surface area contributed by atoms with E-state index in [-0.39, 0.29) is 15.4 Å². The number of benzene rings is 2. The molecule has 0 saturated carbocycles. The molecular weight excluding hydrogens is 541 g/mol. The first-order chi connectivity index (χ1) is 14.0. The van der Waals surface area contributed by atoms with Gasteiger partial charge in [-0.2, -0.15) is 0 Å². The second-order valence-electron chi connectivity index (χ2n) is 7.42. The molecule has 8 heteroatoms. The predicted molar refractivity (Wildman–Crippen MR) is 117 cm³/mol. The predicted octanol–water partition coefficient (Wildman–Crippen LogP) is 3.21. The van der Waals surface area contributed by atoms with Gasteiger partial charge in [0.25, 0.3) is 0 Å². The summed E-state index contributed by atoms with van der Waals surface area (Å²) in [5, 5.41) is 3.88. The van der Waals surface area contributed by atoms with E-state index in [1.54, 1.807) is 4.68 Å². The van der Waals surface area contributed by atoms with Gasteiger partial charge in [-0.15, -0.1) is 0 Å². The number of carbonyl (C=O) groups is 1. The zero-order valence-corrected chi connectivity index (χ0v) is 20.2. The van der Waals surface area contributed by atoms with Gasteiger partial charge in [0.15, 0.2) is 0 Å². The number of fused-ring (bicyclic) bond motifs is 2. The summed E-state index contributed by atoms with van der Waals surface area (Å²) < 4.78 is 9.80. The van der Waals surface area contributed by atoms with Crippen LogP contribution in [-0.4, -0.2) is 47.0 Å². The minimum absolute atomic E-state index is 0.0409. The molecule has 1 N–H and O–H groups in total. The number of nitrogens with zero attached hydrogens (tertiary/aromatic N) is 2. The van der Waals surface area contributed by atoms with Crippen LogP contribution < -0.4 is 13.9 Å². The van der Waals surface area contributed by atoms with E-state index in [4.69, 9.17) is 9.73 Å². The van der Waals surface area contributed by atoms with Crippen molar-refractivity contribution in [1.29, 1.82) is 0 Å². The average Bonchev–Trinajstić information content (AvgIpc) is 3.03. The van der Waals surface area contributed by atoms with Gasteiger partial charge in [-0.25, -0.2) is 0 Å². The first-order valence-electron chi connectivity index (χ1n) is 9.63. The number of aliphatic imine (C=N–C) groups is 1.